The maximum Gasteiger partial charge on any atom is 0.120 e. The summed E-state index contributed by atoms with van der Waals surface area (Å²) in [5.74, 6) is 0. The maximum atomic E-state index is 9.45. The lowest BCUT2D eigenvalue weighted by atomic mass is 10.1. The highest BCUT2D eigenvalue weighted by atomic mass is 79.9. The summed E-state index contributed by atoms with van der Waals surface area (Å²) in [7, 11) is 0. The van der Waals surface area contributed by atoms with Crippen LogP contribution in [0.5, 0.6) is 0 Å². The molecular formula is C8H8BrNO2. The highest BCUT2D eigenvalue weighted by molar-refractivity contribution is 9.10. The van der Waals surface area contributed by atoms with E-state index in [1.54, 1.807) is 6.20 Å². The summed E-state index contributed by atoms with van der Waals surface area (Å²) in [4.78, 5) is 4.12. The molecule has 0 aromatic carbocycles. The normalized spacial score (nSPS) is 22.0. The molecule has 1 aliphatic heterocycles. The fourth-order valence-electron chi connectivity index (χ4n) is 1.27. The predicted molar refractivity (Wildman–Crippen MR) is 46.6 cm³/mol. The third-order valence-electron chi connectivity index (χ3n) is 1.82. The van der Waals surface area contributed by atoms with Gasteiger partial charge in [0.1, 0.15) is 6.10 Å². The zero-order valence-corrected chi connectivity index (χ0v) is 7.91. The molecule has 2 heterocycles. The smallest absolute Gasteiger partial charge is 0.120 e. The van der Waals surface area contributed by atoms with Crippen LogP contribution in [0.1, 0.15) is 17.4 Å². The first-order valence-electron chi connectivity index (χ1n) is 3.67. The second-order valence-corrected chi connectivity index (χ2v) is 3.64. The van der Waals surface area contributed by atoms with Crippen LogP contribution in [-0.4, -0.2) is 16.7 Å². The van der Waals surface area contributed by atoms with E-state index in [2.05, 4.69) is 20.9 Å². The summed E-state index contributed by atoms with van der Waals surface area (Å²) in [5.41, 5.74) is 1.70. The maximum absolute atomic E-state index is 9.45. The number of halogens is 1. The molecule has 2 rings (SSSR count). The summed E-state index contributed by atoms with van der Waals surface area (Å²) in [6.07, 6.45) is 1.12. The third kappa shape index (κ3) is 1.37. The molecule has 1 N–H and O–H groups in total. The number of hydrogen-bond acceptors (Lipinski definition) is 3. The van der Waals surface area contributed by atoms with Crippen molar-refractivity contribution in [3.63, 3.8) is 0 Å². The molecule has 0 bridgehead atoms. The van der Waals surface area contributed by atoms with E-state index in [4.69, 9.17) is 4.74 Å². The Morgan fingerprint density at radius 3 is 3.33 bits per heavy atom. The molecule has 1 aliphatic rings. The van der Waals surface area contributed by atoms with Crippen molar-refractivity contribution in [2.45, 2.75) is 12.7 Å². The lowest BCUT2D eigenvalue weighted by Crippen LogP contribution is -2.17. The molecule has 0 saturated carbocycles. The Balaban J connectivity index is 2.46. The lowest BCUT2D eigenvalue weighted by molar-refractivity contribution is 0.00689. The summed E-state index contributed by atoms with van der Waals surface area (Å²) >= 11 is 3.31. The number of fused-ring (bicyclic) bond motifs is 1. The summed E-state index contributed by atoms with van der Waals surface area (Å²) in [6, 6.07) is 1.92. The van der Waals surface area contributed by atoms with Gasteiger partial charge in [0.25, 0.3) is 0 Å². The van der Waals surface area contributed by atoms with Crippen LogP contribution in [0.25, 0.3) is 0 Å². The standard InChI is InChI=1S/C8H8BrNO2/c9-6-1-5-3-12-4-7(11)8(5)10-2-6/h1-2,7,11H,3-4H2. The molecule has 1 unspecified atom stereocenters. The minimum Gasteiger partial charge on any atom is -0.384 e. The SMILES string of the molecule is OC1COCc2cc(Br)cnc21. The predicted octanol–water partition coefficient (Wildman–Crippen LogP) is 1.41. The summed E-state index contributed by atoms with van der Waals surface area (Å²) in [5, 5.41) is 9.45. The monoisotopic (exact) mass is 229 g/mol. The van der Waals surface area contributed by atoms with Gasteiger partial charge in [0.15, 0.2) is 0 Å². The van der Waals surface area contributed by atoms with E-state index in [1.807, 2.05) is 6.07 Å². The van der Waals surface area contributed by atoms with Crippen molar-refractivity contribution in [3.8, 4) is 0 Å². The molecule has 0 fully saturated rings. The molecule has 4 heteroatoms. The average molecular weight is 230 g/mol. The molecule has 1 aromatic rings. The van der Waals surface area contributed by atoms with Crippen molar-refractivity contribution in [1.29, 1.82) is 0 Å². The Bertz CT molecular complexity index is 303. The molecular weight excluding hydrogens is 222 g/mol. The van der Waals surface area contributed by atoms with Gasteiger partial charge in [-0.25, -0.2) is 0 Å². The van der Waals surface area contributed by atoms with Gasteiger partial charge in [-0.05, 0) is 22.0 Å². The Hall–Kier alpha value is -0.450. The zero-order chi connectivity index (χ0) is 8.55. The summed E-state index contributed by atoms with van der Waals surface area (Å²) in [6.45, 7) is 0.889. The van der Waals surface area contributed by atoms with Crippen LogP contribution in [0.2, 0.25) is 0 Å². The molecule has 0 spiro atoms. The van der Waals surface area contributed by atoms with Crippen LogP contribution in [0.4, 0.5) is 0 Å². The van der Waals surface area contributed by atoms with Crippen molar-refractivity contribution in [3.05, 3.63) is 28.0 Å². The van der Waals surface area contributed by atoms with E-state index >= 15 is 0 Å². The van der Waals surface area contributed by atoms with Crippen LogP contribution >= 0.6 is 15.9 Å². The number of nitrogens with zero attached hydrogens (tertiary/aromatic N) is 1. The van der Waals surface area contributed by atoms with Gasteiger partial charge in [0.2, 0.25) is 0 Å². The van der Waals surface area contributed by atoms with E-state index in [1.165, 1.54) is 0 Å². The van der Waals surface area contributed by atoms with Crippen LogP contribution in [0.15, 0.2) is 16.7 Å². The van der Waals surface area contributed by atoms with Gasteiger partial charge in [0, 0.05) is 16.2 Å². The molecule has 64 valence electrons. The van der Waals surface area contributed by atoms with E-state index in [0.717, 1.165) is 15.7 Å². The number of rotatable bonds is 0. The fraction of sp³-hybridized carbons (Fsp3) is 0.375. The van der Waals surface area contributed by atoms with E-state index < -0.39 is 6.10 Å². The minimum absolute atomic E-state index is 0.349. The number of aromatic nitrogens is 1. The number of ether oxygens (including phenoxy) is 1. The third-order valence-corrected chi connectivity index (χ3v) is 2.25. The largest absolute Gasteiger partial charge is 0.384 e. The molecule has 0 amide bonds. The van der Waals surface area contributed by atoms with Crippen molar-refractivity contribution in [2.24, 2.45) is 0 Å². The molecule has 12 heavy (non-hydrogen) atoms. The van der Waals surface area contributed by atoms with Gasteiger partial charge in [0.05, 0.1) is 18.9 Å². The molecule has 0 radical (unpaired) electrons. The van der Waals surface area contributed by atoms with Crippen LogP contribution in [-0.2, 0) is 11.3 Å². The van der Waals surface area contributed by atoms with Gasteiger partial charge in [-0.3, -0.25) is 4.98 Å². The topological polar surface area (TPSA) is 42.4 Å². The quantitative estimate of drug-likeness (QED) is 0.732. The molecule has 1 aromatic heterocycles. The minimum atomic E-state index is -0.568. The van der Waals surface area contributed by atoms with Gasteiger partial charge in [-0.15, -0.1) is 0 Å². The fourth-order valence-corrected chi connectivity index (χ4v) is 1.65. The number of pyridine rings is 1. The average Bonchev–Trinajstić information content (AvgIpc) is 2.04. The van der Waals surface area contributed by atoms with Crippen molar-refractivity contribution < 1.29 is 9.84 Å². The van der Waals surface area contributed by atoms with Crippen molar-refractivity contribution in [2.75, 3.05) is 6.61 Å². The van der Waals surface area contributed by atoms with Crippen molar-refractivity contribution in [1.82, 2.24) is 4.98 Å². The van der Waals surface area contributed by atoms with Crippen LogP contribution in [0, 0.1) is 0 Å². The van der Waals surface area contributed by atoms with Gasteiger partial charge in [-0.1, -0.05) is 0 Å². The first-order valence-corrected chi connectivity index (χ1v) is 4.47. The second kappa shape index (κ2) is 3.12. The highest BCUT2D eigenvalue weighted by Crippen LogP contribution is 2.24. The molecule has 3 nitrogen and oxygen atoms in total. The van der Waals surface area contributed by atoms with Crippen LogP contribution in [0.3, 0.4) is 0 Å². The zero-order valence-electron chi connectivity index (χ0n) is 6.33. The Kier molecular flexibility index (Phi) is 2.12. The highest BCUT2D eigenvalue weighted by Gasteiger charge is 2.19. The number of aliphatic hydroxyl groups excluding tert-OH is 1. The van der Waals surface area contributed by atoms with Crippen LogP contribution < -0.4 is 0 Å². The Morgan fingerprint density at radius 2 is 2.50 bits per heavy atom. The van der Waals surface area contributed by atoms with Gasteiger partial charge < -0.3 is 9.84 Å². The van der Waals surface area contributed by atoms with Gasteiger partial charge >= 0.3 is 0 Å². The molecule has 1 atom stereocenters. The van der Waals surface area contributed by atoms with E-state index in [-0.39, 0.29) is 0 Å². The van der Waals surface area contributed by atoms with E-state index in [0.29, 0.717) is 13.2 Å². The Labute approximate surface area is 78.5 Å². The summed E-state index contributed by atoms with van der Waals surface area (Å²) < 4.78 is 6.07. The molecule has 0 aliphatic carbocycles. The molecule has 0 saturated heterocycles. The first-order chi connectivity index (χ1) is 5.77. The number of aliphatic hydroxyl groups is 1. The van der Waals surface area contributed by atoms with E-state index in [9.17, 15) is 5.11 Å². The number of hydrogen-bond donors (Lipinski definition) is 1. The second-order valence-electron chi connectivity index (χ2n) is 2.73. The van der Waals surface area contributed by atoms with Crippen molar-refractivity contribution >= 4 is 15.9 Å². The lowest BCUT2D eigenvalue weighted by Gasteiger charge is -2.20. The van der Waals surface area contributed by atoms with Gasteiger partial charge in [-0.2, -0.15) is 0 Å². The Morgan fingerprint density at radius 1 is 1.67 bits per heavy atom. The first kappa shape index (κ1) is 8.16.